The molecule has 0 aliphatic carbocycles. The fourth-order valence-electron chi connectivity index (χ4n) is 1.25. The Kier molecular flexibility index (Phi) is 3.91. The van der Waals surface area contributed by atoms with E-state index < -0.39 is 20.7 Å². The Bertz CT molecular complexity index is 569. The molecule has 0 aliphatic heterocycles. The molecule has 0 radical (unpaired) electrons. The Morgan fingerprint density at radius 2 is 1.94 bits per heavy atom. The summed E-state index contributed by atoms with van der Waals surface area (Å²) < 4.78 is 35.5. The highest BCUT2D eigenvalue weighted by molar-refractivity contribution is 7.89. The van der Waals surface area contributed by atoms with Crippen LogP contribution in [0.5, 0.6) is 0 Å². The Balaban J connectivity index is 3.44. The molecule has 94 valence electrons. The summed E-state index contributed by atoms with van der Waals surface area (Å²) in [4.78, 5) is 10.9. The molecule has 0 unspecified atom stereocenters. The number of sulfonamides is 1. The molecule has 2 N–H and O–H groups in total. The first-order chi connectivity index (χ1) is 7.64. The lowest BCUT2D eigenvalue weighted by atomic mass is 10.0. The predicted molar refractivity (Wildman–Crippen MR) is 62.0 cm³/mol. The van der Waals surface area contributed by atoms with Gasteiger partial charge >= 0.3 is 0 Å². The second kappa shape index (κ2) is 4.72. The standard InChI is InChI=1S/C10H11ClFNO3S/c1-5(2)10(14)6-3-8(12)9(4-7(6)11)17(13,15)16/h3-5H,1-2H3,(H2,13,15,16). The van der Waals surface area contributed by atoms with Crippen molar-refractivity contribution in [2.24, 2.45) is 11.1 Å². The highest BCUT2D eigenvalue weighted by atomic mass is 35.5. The van der Waals surface area contributed by atoms with Crippen LogP contribution in [-0.2, 0) is 10.0 Å². The van der Waals surface area contributed by atoms with Gasteiger partial charge in [-0.25, -0.2) is 17.9 Å². The molecule has 1 aromatic rings. The zero-order valence-corrected chi connectivity index (χ0v) is 10.8. The number of carbonyl (C=O) groups is 1. The number of carbonyl (C=O) groups excluding carboxylic acids is 1. The fraction of sp³-hybridized carbons (Fsp3) is 0.300. The minimum atomic E-state index is -4.19. The van der Waals surface area contributed by atoms with E-state index in [4.69, 9.17) is 16.7 Å². The van der Waals surface area contributed by atoms with Crippen molar-refractivity contribution in [3.05, 3.63) is 28.5 Å². The van der Waals surface area contributed by atoms with Crippen LogP contribution in [-0.4, -0.2) is 14.2 Å². The van der Waals surface area contributed by atoms with Crippen LogP contribution in [0.2, 0.25) is 5.02 Å². The molecule has 1 rings (SSSR count). The monoisotopic (exact) mass is 279 g/mol. The Hall–Kier alpha value is -0.980. The van der Waals surface area contributed by atoms with Crippen molar-refractivity contribution in [3.63, 3.8) is 0 Å². The van der Waals surface area contributed by atoms with Crippen LogP contribution in [0.15, 0.2) is 17.0 Å². The van der Waals surface area contributed by atoms with Crippen LogP contribution in [0.3, 0.4) is 0 Å². The lowest BCUT2D eigenvalue weighted by molar-refractivity contribution is 0.0939. The maximum atomic E-state index is 13.5. The van der Waals surface area contributed by atoms with E-state index in [9.17, 15) is 17.6 Å². The molecule has 0 spiro atoms. The molecule has 4 nitrogen and oxygen atoms in total. The van der Waals surface area contributed by atoms with E-state index in [1.165, 1.54) is 0 Å². The van der Waals surface area contributed by atoms with E-state index in [0.717, 1.165) is 12.1 Å². The number of nitrogens with two attached hydrogens (primary N) is 1. The minimum absolute atomic E-state index is 0.0495. The van der Waals surface area contributed by atoms with Crippen LogP contribution in [0.25, 0.3) is 0 Å². The van der Waals surface area contributed by atoms with Gasteiger partial charge in [-0.1, -0.05) is 25.4 Å². The molecule has 0 bridgehead atoms. The van der Waals surface area contributed by atoms with Crippen molar-refractivity contribution >= 4 is 27.4 Å². The largest absolute Gasteiger partial charge is 0.294 e. The van der Waals surface area contributed by atoms with Crippen molar-refractivity contribution < 1.29 is 17.6 Å². The average molecular weight is 280 g/mol. The van der Waals surface area contributed by atoms with Crippen molar-refractivity contribution in [3.8, 4) is 0 Å². The van der Waals surface area contributed by atoms with Gasteiger partial charge in [-0.2, -0.15) is 0 Å². The van der Waals surface area contributed by atoms with Gasteiger partial charge in [-0.05, 0) is 12.1 Å². The first kappa shape index (κ1) is 14.1. The molecule has 0 fully saturated rings. The Labute approximate surface area is 104 Å². The summed E-state index contributed by atoms with van der Waals surface area (Å²) in [5.74, 6) is -1.82. The molecule has 0 heterocycles. The molecule has 1 aromatic carbocycles. The Morgan fingerprint density at radius 1 is 1.41 bits per heavy atom. The zero-order chi connectivity index (χ0) is 13.4. The van der Waals surface area contributed by atoms with E-state index in [2.05, 4.69) is 0 Å². The molecule has 0 atom stereocenters. The van der Waals surface area contributed by atoms with Crippen LogP contribution in [0.4, 0.5) is 4.39 Å². The first-order valence-electron chi connectivity index (χ1n) is 4.70. The second-order valence-corrected chi connectivity index (χ2v) is 5.76. The summed E-state index contributed by atoms with van der Waals surface area (Å²) in [7, 11) is -4.19. The van der Waals surface area contributed by atoms with E-state index in [0.29, 0.717) is 0 Å². The van der Waals surface area contributed by atoms with Crippen LogP contribution < -0.4 is 5.14 Å². The summed E-state index contributed by atoms with van der Waals surface area (Å²) in [5, 5.41) is 4.67. The summed E-state index contributed by atoms with van der Waals surface area (Å²) >= 11 is 5.74. The van der Waals surface area contributed by atoms with Gasteiger partial charge in [-0.3, -0.25) is 4.79 Å². The maximum absolute atomic E-state index is 13.5. The molecule has 0 saturated carbocycles. The van der Waals surface area contributed by atoms with Gasteiger partial charge in [0.1, 0.15) is 10.7 Å². The number of hydrogen-bond donors (Lipinski definition) is 1. The topological polar surface area (TPSA) is 77.2 Å². The molecule has 0 amide bonds. The minimum Gasteiger partial charge on any atom is -0.294 e. The van der Waals surface area contributed by atoms with Crippen LogP contribution in [0.1, 0.15) is 24.2 Å². The first-order valence-corrected chi connectivity index (χ1v) is 6.63. The second-order valence-electron chi connectivity index (χ2n) is 3.83. The summed E-state index contributed by atoms with van der Waals surface area (Å²) in [6.07, 6.45) is 0. The third kappa shape index (κ3) is 3.02. The number of halogens is 2. The lowest BCUT2D eigenvalue weighted by Crippen LogP contribution is -2.16. The molecule has 7 heteroatoms. The number of benzene rings is 1. The van der Waals surface area contributed by atoms with Crippen molar-refractivity contribution in [1.29, 1.82) is 0 Å². The zero-order valence-electron chi connectivity index (χ0n) is 9.20. The number of Topliss-reactive ketones (excluding diaryl/α,β-unsaturated/α-hetero) is 1. The lowest BCUT2D eigenvalue weighted by Gasteiger charge is -2.08. The van der Waals surface area contributed by atoms with E-state index in [1.54, 1.807) is 13.8 Å². The SMILES string of the molecule is CC(C)C(=O)c1cc(F)c(S(N)(=O)=O)cc1Cl. The molecule has 0 aliphatic rings. The molecule has 0 saturated heterocycles. The van der Waals surface area contributed by atoms with Gasteiger partial charge < -0.3 is 0 Å². The molecule has 0 aromatic heterocycles. The maximum Gasteiger partial charge on any atom is 0.241 e. The van der Waals surface area contributed by atoms with E-state index in [-0.39, 0.29) is 22.3 Å². The predicted octanol–water partition coefficient (Wildman–Crippen LogP) is 1.97. The van der Waals surface area contributed by atoms with E-state index >= 15 is 0 Å². The molecule has 17 heavy (non-hydrogen) atoms. The van der Waals surface area contributed by atoms with Gasteiger partial charge in [0.25, 0.3) is 0 Å². The highest BCUT2D eigenvalue weighted by Gasteiger charge is 2.21. The fourth-order valence-corrected chi connectivity index (χ4v) is 2.18. The van der Waals surface area contributed by atoms with Gasteiger partial charge in [0.2, 0.25) is 10.0 Å². The summed E-state index contributed by atoms with van der Waals surface area (Å²) in [5.41, 5.74) is -0.0495. The number of ketones is 1. The van der Waals surface area contributed by atoms with E-state index in [1.807, 2.05) is 0 Å². The number of rotatable bonds is 3. The summed E-state index contributed by atoms with van der Waals surface area (Å²) in [6.45, 7) is 3.26. The van der Waals surface area contributed by atoms with Gasteiger partial charge in [0.05, 0.1) is 5.02 Å². The van der Waals surface area contributed by atoms with Crippen molar-refractivity contribution in [2.75, 3.05) is 0 Å². The third-order valence-corrected chi connectivity index (χ3v) is 3.36. The van der Waals surface area contributed by atoms with Crippen molar-refractivity contribution in [2.45, 2.75) is 18.7 Å². The average Bonchev–Trinajstić information content (AvgIpc) is 2.18. The Morgan fingerprint density at radius 3 is 2.35 bits per heavy atom. The molecular formula is C10H11ClFNO3S. The highest BCUT2D eigenvalue weighted by Crippen LogP contribution is 2.25. The number of primary sulfonamides is 1. The molecular weight excluding hydrogens is 269 g/mol. The number of hydrogen-bond acceptors (Lipinski definition) is 3. The smallest absolute Gasteiger partial charge is 0.241 e. The van der Waals surface area contributed by atoms with Gasteiger partial charge in [0.15, 0.2) is 5.78 Å². The third-order valence-electron chi connectivity index (χ3n) is 2.12. The van der Waals surface area contributed by atoms with Crippen molar-refractivity contribution in [1.82, 2.24) is 0 Å². The normalized spacial score (nSPS) is 11.9. The van der Waals surface area contributed by atoms with Gasteiger partial charge in [0, 0.05) is 11.5 Å². The van der Waals surface area contributed by atoms with Crippen LogP contribution >= 0.6 is 11.6 Å². The quantitative estimate of drug-likeness (QED) is 0.859. The summed E-state index contributed by atoms with van der Waals surface area (Å²) in [6, 6.07) is 1.65. The van der Waals surface area contributed by atoms with Gasteiger partial charge in [-0.15, -0.1) is 0 Å². The van der Waals surface area contributed by atoms with Crippen LogP contribution in [0, 0.1) is 11.7 Å².